The Hall–Kier alpha value is -0.120. The first-order chi connectivity index (χ1) is 6.56. The molecule has 0 spiro atoms. The molecule has 2 atom stereocenters. The molecular formula is C11H21NO2. The predicted molar refractivity (Wildman–Crippen MR) is 55.2 cm³/mol. The summed E-state index contributed by atoms with van der Waals surface area (Å²) in [7, 11) is 0. The number of aliphatic hydroxyl groups is 1. The molecule has 1 saturated carbocycles. The quantitative estimate of drug-likeness (QED) is 0.720. The minimum atomic E-state index is -0.579. The number of nitrogens with zero attached hydrogens (tertiary/aromatic N) is 1. The van der Waals surface area contributed by atoms with Crippen molar-refractivity contribution in [3.05, 3.63) is 0 Å². The van der Waals surface area contributed by atoms with Crippen LogP contribution < -0.4 is 0 Å². The summed E-state index contributed by atoms with van der Waals surface area (Å²) in [5.74, 6) is 0. The maximum Gasteiger partial charge on any atom is 0.0730 e. The first-order valence-corrected chi connectivity index (χ1v) is 5.64. The third kappa shape index (κ3) is 2.27. The van der Waals surface area contributed by atoms with Crippen LogP contribution in [0, 0.1) is 0 Å². The van der Waals surface area contributed by atoms with Crippen molar-refractivity contribution in [1.82, 2.24) is 4.90 Å². The van der Waals surface area contributed by atoms with Crippen molar-refractivity contribution < 1.29 is 9.84 Å². The molecule has 0 aromatic rings. The van der Waals surface area contributed by atoms with Gasteiger partial charge in [0.15, 0.2) is 0 Å². The smallest absolute Gasteiger partial charge is 0.0730 e. The molecule has 82 valence electrons. The average Bonchev–Trinajstić information content (AvgIpc) is 2.49. The fraction of sp³-hybridized carbons (Fsp3) is 1.00. The molecule has 2 aliphatic rings. The second-order valence-corrected chi connectivity index (χ2v) is 5.19. The van der Waals surface area contributed by atoms with Gasteiger partial charge in [0.25, 0.3) is 0 Å². The zero-order chi connectivity index (χ0) is 10.2. The van der Waals surface area contributed by atoms with Crippen molar-refractivity contribution in [1.29, 1.82) is 0 Å². The van der Waals surface area contributed by atoms with E-state index in [1.54, 1.807) is 0 Å². The summed E-state index contributed by atoms with van der Waals surface area (Å²) in [5, 5.41) is 9.81. The van der Waals surface area contributed by atoms with E-state index in [1.807, 2.05) is 13.8 Å². The van der Waals surface area contributed by atoms with Gasteiger partial charge in [-0.3, -0.25) is 4.90 Å². The Kier molecular flexibility index (Phi) is 2.82. The van der Waals surface area contributed by atoms with Crippen molar-refractivity contribution in [3.8, 4) is 0 Å². The van der Waals surface area contributed by atoms with Gasteiger partial charge in [-0.1, -0.05) is 0 Å². The van der Waals surface area contributed by atoms with E-state index in [2.05, 4.69) is 4.90 Å². The Morgan fingerprint density at radius 3 is 2.93 bits per heavy atom. The number of fused-ring (bicyclic) bond motifs is 1. The van der Waals surface area contributed by atoms with Crippen LogP contribution in [-0.4, -0.2) is 47.4 Å². The monoisotopic (exact) mass is 199 g/mol. The van der Waals surface area contributed by atoms with Gasteiger partial charge in [-0.25, -0.2) is 0 Å². The Bertz CT molecular complexity index is 200. The lowest BCUT2D eigenvalue weighted by molar-refractivity contribution is -0.0798. The van der Waals surface area contributed by atoms with E-state index in [0.29, 0.717) is 12.1 Å². The van der Waals surface area contributed by atoms with Crippen LogP contribution in [0.25, 0.3) is 0 Å². The van der Waals surface area contributed by atoms with Gasteiger partial charge in [0.1, 0.15) is 0 Å². The largest absolute Gasteiger partial charge is 0.389 e. The summed E-state index contributed by atoms with van der Waals surface area (Å²) >= 11 is 0. The van der Waals surface area contributed by atoms with Crippen molar-refractivity contribution in [3.63, 3.8) is 0 Å². The minimum absolute atomic E-state index is 0.436. The van der Waals surface area contributed by atoms with Crippen molar-refractivity contribution in [2.45, 2.75) is 50.9 Å². The molecule has 0 radical (unpaired) electrons. The molecule has 3 heteroatoms. The van der Waals surface area contributed by atoms with Crippen LogP contribution in [0.4, 0.5) is 0 Å². The standard InChI is InChI=1S/C11H21NO2/c1-11(2,13)8-12-6-7-14-10-5-3-4-9(10)12/h9-10,13H,3-8H2,1-2H3. The van der Waals surface area contributed by atoms with E-state index >= 15 is 0 Å². The second-order valence-electron chi connectivity index (χ2n) is 5.19. The molecule has 0 amide bonds. The lowest BCUT2D eigenvalue weighted by Gasteiger charge is -2.40. The minimum Gasteiger partial charge on any atom is -0.389 e. The van der Waals surface area contributed by atoms with Gasteiger partial charge >= 0.3 is 0 Å². The molecular weight excluding hydrogens is 178 g/mol. The molecule has 3 nitrogen and oxygen atoms in total. The van der Waals surface area contributed by atoms with Gasteiger partial charge in [0, 0.05) is 19.1 Å². The van der Waals surface area contributed by atoms with Crippen LogP contribution in [-0.2, 0) is 4.74 Å². The SMILES string of the molecule is CC(C)(O)CN1CCOC2CCCC21. The van der Waals surface area contributed by atoms with E-state index in [0.717, 1.165) is 19.7 Å². The molecule has 0 aromatic heterocycles. The number of β-amino-alcohol motifs (C(OH)–C–C–N with tert-alkyl or cyclic N) is 1. The van der Waals surface area contributed by atoms with Crippen LogP contribution >= 0.6 is 0 Å². The Morgan fingerprint density at radius 1 is 1.43 bits per heavy atom. The molecule has 1 aliphatic carbocycles. The zero-order valence-corrected chi connectivity index (χ0v) is 9.20. The summed E-state index contributed by atoms with van der Waals surface area (Å²) in [4.78, 5) is 2.40. The fourth-order valence-corrected chi connectivity index (χ4v) is 2.70. The van der Waals surface area contributed by atoms with Gasteiger partial charge < -0.3 is 9.84 Å². The predicted octanol–water partition coefficient (Wildman–Crippen LogP) is 1.01. The number of hydrogen-bond acceptors (Lipinski definition) is 3. The van der Waals surface area contributed by atoms with Gasteiger partial charge in [-0.05, 0) is 33.1 Å². The highest BCUT2D eigenvalue weighted by Gasteiger charge is 2.37. The number of morpholine rings is 1. The van der Waals surface area contributed by atoms with E-state index < -0.39 is 5.60 Å². The molecule has 0 aromatic carbocycles. The maximum absolute atomic E-state index is 9.81. The highest BCUT2D eigenvalue weighted by Crippen LogP contribution is 2.30. The van der Waals surface area contributed by atoms with Crippen molar-refractivity contribution in [2.75, 3.05) is 19.7 Å². The van der Waals surface area contributed by atoms with E-state index in [1.165, 1.54) is 19.3 Å². The van der Waals surface area contributed by atoms with Crippen molar-refractivity contribution >= 4 is 0 Å². The third-order valence-corrected chi connectivity index (χ3v) is 3.19. The first kappa shape index (κ1) is 10.4. The van der Waals surface area contributed by atoms with Crippen LogP contribution in [0.3, 0.4) is 0 Å². The second kappa shape index (κ2) is 3.80. The van der Waals surface area contributed by atoms with Crippen LogP contribution in [0.5, 0.6) is 0 Å². The Balaban J connectivity index is 1.97. The molecule has 2 fully saturated rings. The zero-order valence-electron chi connectivity index (χ0n) is 9.20. The molecule has 1 N–H and O–H groups in total. The lowest BCUT2D eigenvalue weighted by atomic mass is 10.1. The number of ether oxygens (including phenoxy) is 1. The van der Waals surface area contributed by atoms with Crippen LogP contribution in [0.1, 0.15) is 33.1 Å². The van der Waals surface area contributed by atoms with Gasteiger partial charge in [-0.2, -0.15) is 0 Å². The Morgan fingerprint density at radius 2 is 2.21 bits per heavy atom. The summed E-state index contributed by atoms with van der Waals surface area (Å²) in [6, 6.07) is 0.565. The molecule has 2 unspecified atom stereocenters. The molecule has 2 rings (SSSR count). The van der Waals surface area contributed by atoms with Crippen LogP contribution in [0.2, 0.25) is 0 Å². The highest BCUT2D eigenvalue weighted by molar-refractivity contribution is 4.91. The van der Waals surface area contributed by atoms with Crippen molar-refractivity contribution in [2.24, 2.45) is 0 Å². The lowest BCUT2D eigenvalue weighted by Crippen LogP contribution is -2.52. The van der Waals surface area contributed by atoms with E-state index in [-0.39, 0.29) is 0 Å². The molecule has 1 saturated heterocycles. The van der Waals surface area contributed by atoms with E-state index in [4.69, 9.17) is 4.74 Å². The van der Waals surface area contributed by atoms with Gasteiger partial charge in [-0.15, -0.1) is 0 Å². The van der Waals surface area contributed by atoms with Gasteiger partial charge in [0.05, 0.1) is 18.3 Å². The number of hydrogen-bond donors (Lipinski definition) is 1. The molecule has 0 bridgehead atoms. The highest BCUT2D eigenvalue weighted by atomic mass is 16.5. The normalized spacial score (nSPS) is 34.5. The summed E-state index contributed by atoms with van der Waals surface area (Å²) in [5.41, 5.74) is -0.579. The topological polar surface area (TPSA) is 32.7 Å². The summed E-state index contributed by atoms with van der Waals surface area (Å²) in [6.45, 7) is 6.35. The number of rotatable bonds is 2. The summed E-state index contributed by atoms with van der Waals surface area (Å²) < 4.78 is 5.72. The van der Waals surface area contributed by atoms with E-state index in [9.17, 15) is 5.11 Å². The average molecular weight is 199 g/mol. The molecule has 1 aliphatic heterocycles. The first-order valence-electron chi connectivity index (χ1n) is 5.64. The molecule has 14 heavy (non-hydrogen) atoms. The Labute approximate surface area is 86.0 Å². The summed E-state index contributed by atoms with van der Waals surface area (Å²) in [6.07, 6.45) is 4.15. The fourth-order valence-electron chi connectivity index (χ4n) is 2.70. The van der Waals surface area contributed by atoms with Gasteiger partial charge in [0.2, 0.25) is 0 Å². The maximum atomic E-state index is 9.81. The third-order valence-electron chi connectivity index (χ3n) is 3.19. The van der Waals surface area contributed by atoms with Crippen LogP contribution in [0.15, 0.2) is 0 Å². The molecule has 1 heterocycles.